The lowest BCUT2D eigenvalue weighted by Crippen LogP contribution is -2.12. The van der Waals surface area contributed by atoms with Crippen molar-refractivity contribution >= 4 is 27.3 Å². The Hall–Kier alpha value is -4.19. The summed E-state index contributed by atoms with van der Waals surface area (Å²) in [6, 6.07) is 19.8. The first kappa shape index (κ1) is 27.0. The molecular weight excluding hydrogens is 563 g/mol. The first-order valence-electron chi connectivity index (χ1n) is 12.9. The zero-order valence-electron chi connectivity index (χ0n) is 21.9. The third-order valence-electron chi connectivity index (χ3n) is 7.12. The van der Waals surface area contributed by atoms with Crippen LogP contribution in [0.4, 0.5) is 4.39 Å². The topological polar surface area (TPSA) is 128 Å². The number of benzene rings is 3. The van der Waals surface area contributed by atoms with Gasteiger partial charge in [0.2, 0.25) is 15.2 Å². The maximum atomic E-state index is 15.3. The van der Waals surface area contributed by atoms with Gasteiger partial charge in [0.1, 0.15) is 5.82 Å². The monoisotopic (exact) mass is 588 g/mol. The van der Waals surface area contributed by atoms with Gasteiger partial charge in [-0.25, -0.2) is 32.4 Å². The first-order valence-corrected chi connectivity index (χ1v) is 15.3. The molecule has 0 spiro atoms. The number of sulfonamides is 1. The third kappa shape index (κ3) is 5.43. The van der Waals surface area contributed by atoms with Crippen molar-refractivity contribution < 1.29 is 22.7 Å². The Morgan fingerprint density at radius 3 is 2.44 bits per heavy atom. The molecule has 3 N–H and O–H groups in total. The number of aryl methyl sites for hydroxylation is 1. The van der Waals surface area contributed by atoms with Crippen molar-refractivity contribution in [1.82, 2.24) is 14.8 Å². The summed E-state index contributed by atoms with van der Waals surface area (Å²) in [5.41, 5.74) is 6.47. The molecule has 0 saturated heterocycles. The number of aromatic nitrogens is 3. The van der Waals surface area contributed by atoms with Gasteiger partial charge >= 0.3 is 5.97 Å². The van der Waals surface area contributed by atoms with Gasteiger partial charge in [-0.2, -0.15) is 5.10 Å². The lowest BCUT2D eigenvalue weighted by molar-refractivity contribution is 0.0691. The molecule has 0 amide bonds. The lowest BCUT2D eigenvalue weighted by atomic mass is 9.95. The van der Waals surface area contributed by atoms with Crippen LogP contribution in [0.15, 0.2) is 77.0 Å². The van der Waals surface area contributed by atoms with Crippen molar-refractivity contribution in [3.8, 4) is 27.5 Å². The maximum absolute atomic E-state index is 15.3. The Bertz CT molecular complexity index is 1910. The van der Waals surface area contributed by atoms with Crippen molar-refractivity contribution in [2.45, 2.75) is 37.0 Å². The highest BCUT2D eigenvalue weighted by Crippen LogP contribution is 2.46. The van der Waals surface area contributed by atoms with E-state index in [1.807, 2.05) is 43.3 Å². The number of halogens is 1. The lowest BCUT2D eigenvalue weighted by Gasteiger charge is -2.10. The Kier molecular flexibility index (Phi) is 6.80. The Balaban J connectivity index is 1.53. The molecule has 1 saturated carbocycles. The van der Waals surface area contributed by atoms with Crippen LogP contribution in [0.1, 0.15) is 51.6 Å². The van der Waals surface area contributed by atoms with Crippen LogP contribution in [0.2, 0.25) is 0 Å². The Labute approximate surface area is 240 Å². The molecule has 8 nitrogen and oxygen atoms in total. The predicted octanol–water partition coefficient (Wildman–Crippen LogP) is 5.92. The summed E-state index contributed by atoms with van der Waals surface area (Å²) in [7, 11) is -4.06. The van der Waals surface area contributed by atoms with Gasteiger partial charge in [-0.15, -0.1) is 11.3 Å². The molecule has 6 rings (SSSR count). The zero-order chi connectivity index (χ0) is 28.9. The normalized spacial score (nSPS) is 13.4. The summed E-state index contributed by atoms with van der Waals surface area (Å²) in [5, 5.41) is 21.5. The second-order valence-corrected chi connectivity index (χ2v) is 12.5. The minimum absolute atomic E-state index is 0.0728. The van der Waals surface area contributed by atoms with Gasteiger partial charge in [0, 0.05) is 28.8 Å². The van der Waals surface area contributed by atoms with Gasteiger partial charge in [0.15, 0.2) is 5.69 Å². The number of primary sulfonamides is 1. The van der Waals surface area contributed by atoms with E-state index >= 15 is 4.39 Å². The van der Waals surface area contributed by atoms with Crippen molar-refractivity contribution in [2.24, 2.45) is 5.14 Å². The van der Waals surface area contributed by atoms with Crippen molar-refractivity contribution in [3.05, 3.63) is 106 Å². The van der Waals surface area contributed by atoms with E-state index < -0.39 is 21.8 Å². The molecule has 5 aromatic rings. The number of aromatic carboxylic acids is 1. The SMILES string of the molecule is Cc1ccc(-c2cccc(-c3nn(-c4nc(C(=O)O)cs4)c(C4CC4)c3Cc3ccc(S(N)(=O)=O)cc3F)c2)cc1. The van der Waals surface area contributed by atoms with E-state index in [1.54, 1.807) is 4.68 Å². The number of nitrogens with zero attached hydrogens (tertiary/aromatic N) is 3. The van der Waals surface area contributed by atoms with E-state index in [0.717, 1.165) is 52.4 Å². The van der Waals surface area contributed by atoms with Crippen LogP contribution in [0.3, 0.4) is 0 Å². The van der Waals surface area contributed by atoms with Crippen LogP contribution >= 0.6 is 11.3 Å². The molecule has 41 heavy (non-hydrogen) atoms. The number of nitrogens with two attached hydrogens (primary N) is 1. The summed E-state index contributed by atoms with van der Waals surface area (Å²) in [6.07, 6.45) is 1.96. The van der Waals surface area contributed by atoms with Gasteiger partial charge in [-0.3, -0.25) is 0 Å². The molecule has 11 heteroatoms. The Morgan fingerprint density at radius 1 is 1.07 bits per heavy atom. The van der Waals surface area contributed by atoms with Crippen LogP contribution in [-0.2, 0) is 16.4 Å². The molecule has 0 unspecified atom stereocenters. The number of hydrogen-bond acceptors (Lipinski definition) is 6. The number of carbonyl (C=O) groups is 1. The average molecular weight is 589 g/mol. The largest absolute Gasteiger partial charge is 0.476 e. The zero-order valence-corrected chi connectivity index (χ0v) is 23.5. The van der Waals surface area contributed by atoms with E-state index in [4.69, 9.17) is 10.2 Å². The molecule has 0 radical (unpaired) electrons. The molecule has 0 atom stereocenters. The molecule has 1 fully saturated rings. The minimum atomic E-state index is -4.06. The van der Waals surface area contributed by atoms with Crippen LogP contribution in [0, 0.1) is 12.7 Å². The van der Waals surface area contributed by atoms with Crippen molar-refractivity contribution in [1.29, 1.82) is 0 Å². The maximum Gasteiger partial charge on any atom is 0.355 e. The second-order valence-electron chi connectivity index (χ2n) is 10.1. The van der Waals surface area contributed by atoms with E-state index in [-0.39, 0.29) is 22.9 Å². The molecular formula is C30H25FN4O4S2. The van der Waals surface area contributed by atoms with Crippen LogP contribution < -0.4 is 5.14 Å². The number of hydrogen-bond donors (Lipinski definition) is 2. The van der Waals surface area contributed by atoms with E-state index in [9.17, 15) is 18.3 Å². The smallest absolute Gasteiger partial charge is 0.355 e. The average Bonchev–Trinajstić information content (AvgIpc) is 3.52. The summed E-state index contributed by atoms with van der Waals surface area (Å²) in [5.74, 6) is -1.67. The number of rotatable bonds is 8. The fourth-order valence-electron chi connectivity index (χ4n) is 4.88. The first-order chi connectivity index (χ1) is 19.6. The molecule has 1 aliphatic carbocycles. The van der Waals surface area contributed by atoms with E-state index in [2.05, 4.69) is 17.1 Å². The summed E-state index contributed by atoms with van der Waals surface area (Å²) >= 11 is 1.18. The molecule has 3 aromatic carbocycles. The number of carboxylic acids is 1. The summed E-state index contributed by atoms with van der Waals surface area (Å²) < 4.78 is 40.5. The van der Waals surface area contributed by atoms with Gasteiger partial charge in [-0.05, 0) is 54.7 Å². The van der Waals surface area contributed by atoms with Gasteiger partial charge < -0.3 is 5.11 Å². The van der Waals surface area contributed by atoms with E-state index in [0.29, 0.717) is 16.4 Å². The summed E-state index contributed by atoms with van der Waals surface area (Å²) in [6.45, 7) is 2.03. The fraction of sp³-hybridized carbons (Fsp3) is 0.167. The third-order valence-corrected chi connectivity index (χ3v) is 8.85. The molecule has 0 bridgehead atoms. The van der Waals surface area contributed by atoms with Gasteiger partial charge in [0.05, 0.1) is 16.3 Å². The fourth-order valence-corrected chi connectivity index (χ4v) is 6.17. The van der Waals surface area contributed by atoms with Crippen LogP contribution in [0.5, 0.6) is 0 Å². The van der Waals surface area contributed by atoms with Gasteiger partial charge in [-0.1, -0.05) is 54.1 Å². The summed E-state index contributed by atoms with van der Waals surface area (Å²) in [4.78, 5) is 15.6. The molecule has 2 aromatic heterocycles. The highest BCUT2D eigenvalue weighted by molar-refractivity contribution is 7.89. The Morgan fingerprint density at radius 2 is 1.80 bits per heavy atom. The standard InChI is InChI=1S/C30H25FN4O4S2/c1-17-5-7-18(8-6-17)20-3-2-4-22(13-20)27-24(14-21-11-12-23(15-25(21)31)41(32,38)39)28(19-9-10-19)35(34-27)30-33-26(16-40-30)29(36)37/h2-8,11-13,15-16,19H,9-10,14H2,1H3,(H,36,37)(H2,32,38,39). The minimum Gasteiger partial charge on any atom is -0.476 e. The molecule has 2 heterocycles. The van der Waals surface area contributed by atoms with E-state index in [1.165, 1.54) is 28.8 Å². The molecule has 1 aliphatic rings. The second kappa shape index (κ2) is 10.3. The van der Waals surface area contributed by atoms with Crippen molar-refractivity contribution in [2.75, 3.05) is 0 Å². The van der Waals surface area contributed by atoms with Crippen LogP contribution in [0.25, 0.3) is 27.5 Å². The highest BCUT2D eigenvalue weighted by atomic mass is 32.2. The number of carboxylic acid groups (broad SMARTS) is 1. The predicted molar refractivity (Wildman–Crippen MR) is 154 cm³/mol. The number of thiazole rings is 1. The van der Waals surface area contributed by atoms with Crippen molar-refractivity contribution in [3.63, 3.8) is 0 Å². The van der Waals surface area contributed by atoms with Crippen LogP contribution in [-0.4, -0.2) is 34.3 Å². The quantitative estimate of drug-likeness (QED) is 0.231. The van der Waals surface area contributed by atoms with Gasteiger partial charge in [0.25, 0.3) is 0 Å². The molecule has 0 aliphatic heterocycles. The highest BCUT2D eigenvalue weighted by Gasteiger charge is 2.34. The molecule has 208 valence electrons.